The quantitative estimate of drug-likeness (QED) is 0.849. The van der Waals surface area contributed by atoms with Crippen molar-refractivity contribution in [1.29, 1.82) is 0 Å². The van der Waals surface area contributed by atoms with Crippen LogP contribution in [-0.2, 0) is 10.2 Å². The molecule has 0 saturated carbocycles. The van der Waals surface area contributed by atoms with Crippen LogP contribution >= 0.6 is 0 Å². The Labute approximate surface area is 100 Å². The van der Waals surface area contributed by atoms with Gasteiger partial charge in [-0.2, -0.15) is 0 Å². The van der Waals surface area contributed by atoms with E-state index in [2.05, 4.69) is 4.98 Å². The van der Waals surface area contributed by atoms with Gasteiger partial charge in [0, 0.05) is 17.0 Å². The molecule has 1 heterocycles. The molecule has 0 atom stereocenters. The van der Waals surface area contributed by atoms with E-state index in [4.69, 9.17) is 14.6 Å². The van der Waals surface area contributed by atoms with Crippen LogP contribution in [0.25, 0.3) is 0 Å². The zero-order chi connectivity index (χ0) is 13.1. The van der Waals surface area contributed by atoms with Gasteiger partial charge in [0.1, 0.15) is 5.75 Å². The number of carbonyl (C=O) groups is 1. The summed E-state index contributed by atoms with van der Waals surface area (Å²) in [5, 5.41) is 8.91. The van der Waals surface area contributed by atoms with E-state index < -0.39 is 11.4 Å². The summed E-state index contributed by atoms with van der Waals surface area (Å²) in [6.07, 6.45) is 1.55. The first-order chi connectivity index (χ1) is 7.90. The Morgan fingerprint density at radius 3 is 2.53 bits per heavy atom. The molecule has 0 aliphatic heterocycles. The van der Waals surface area contributed by atoms with E-state index in [0.29, 0.717) is 11.6 Å². The van der Waals surface area contributed by atoms with Crippen LogP contribution in [0.1, 0.15) is 25.8 Å². The second-order valence-electron chi connectivity index (χ2n) is 4.38. The second-order valence-corrected chi connectivity index (χ2v) is 4.38. The van der Waals surface area contributed by atoms with Gasteiger partial charge in [-0.05, 0) is 0 Å². The predicted molar refractivity (Wildman–Crippen MR) is 62.6 cm³/mol. The summed E-state index contributed by atoms with van der Waals surface area (Å²) in [4.78, 5) is 14.9. The number of methoxy groups -OCH3 is 2. The average molecular weight is 239 g/mol. The van der Waals surface area contributed by atoms with E-state index in [1.807, 2.05) is 13.8 Å². The SMILES string of the molecule is COc1cc(C(C)(C)CC(=O)O)c(OC)cn1. The maximum atomic E-state index is 10.9. The molecule has 17 heavy (non-hydrogen) atoms. The molecule has 94 valence electrons. The van der Waals surface area contributed by atoms with Crippen molar-refractivity contribution in [3.05, 3.63) is 17.8 Å². The maximum Gasteiger partial charge on any atom is 0.304 e. The molecule has 0 aliphatic carbocycles. The van der Waals surface area contributed by atoms with E-state index in [0.717, 1.165) is 5.56 Å². The van der Waals surface area contributed by atoms with Crippen LogP contribution in [0.3, 0.4) is 0 Å². The minimum absolute atomic E-state index is 0.0104. The number of rotatable bonds is 5. The third-order valence-corrected chi connectivity index (χ3v) is 2.59. The molecule has 1 aromatic heterocycles. The molecule has 1 N–H and O–H groups in total. The molecule has 0 spiro atoms. The summed E-state index contributed by atoms with van der Waals surface area (Å²) < 4.78 is 10.2. The van der Waals surface area contributed by atoms with Crippen LogP contribution in [0.4, 0.5) is 0 Å². The van der Waals surface area contributed by atoms with Gasteiger partial charge >= 0.3 is 5.97 Å². The van der Waals surface area contributed by atoms with Crippen molar-refractivity contribution in [2.45, 2.75) is 25.7 Å². The Morgan fingerprint density at radius 2 is 2.06 bits per heavy atom. The van der Waals surface area contributed by atoms with Crippen molar-refractivity contribution in [1.82, 2.24) is 4.98 Å². The lowest BCUT2D eigenvalue weighted by molar-refractivity contribution is -0.138. The third kappa shape index (κ3) is 3.09. The molecule has 0 aliphatic rings. The third-order valence-electron chi connectivity index (χ3n) is 2.59. The van der Waals surface area contributed by atoms with Crippen molar-refractivity contribution in [3.8, 4) is 11.6 Å². The summed E-state index contributed by atoms with van der Waals surface area (Å²) >= 11 is 0. The first-order valence-electron chi connectivity index (χ1n) is 5.21. The number of hydrogen-bond acceptors (Lipinski definition) is 4. The Kier molecular flexibility index (Phi) is 3.93. The zero-order valence-corrected chi connectivity index (χ0v) is 10.5. The average Bonchev–Trinajstić information content (AvgIpc) is 2.26. The Balaban J connectivity index is 3.21. The van der Waals surface area contributed by atoms with Crippen molar-refractivity contribution in [2.75, 3.05) is 14.2 Å². The minimum Gasteiger partial charge on any atom is -0.495 e. The Morgan fingerprint density at radius 1 is 1.41 bits per heavy atom. The number of carboxylic acid groups (broad SMARTS) is 1. The molecule has 0 bridgehead atoms. The molecule has 5 nitrogen and oxygen atoms in total. The highest BCUT2D eigenvalue weighted by atomic mass is 16.5. The Hall–Kier alpha value is -1.78. The van der Waals surface area contributed by atoms with Gasteiger partial charge in [0.2, 0.25) is 5.88 Å². The van der Waals surface area contributed by atoms with Gasteiger partial charge in [-0.3, -0.25) is 4.79 Å². The standard InChI is InChI=1S/C12H17NO4/c1-12(2,6-11(14)15)8-5-10(17-4)13-7-9(8)16-3/h5,7H,6H2,1-4H3,(H,14,15). The van der Waals surface area contributed by atoms with Gasteiger partial charge in [0.05, 0.1) is 26.8 Å². The molecule has 1 aromatic rings. The van der Waals surface area contributed by atoms with Crippen LogP contribution < -0.4 is 9.47 Å². The molecule has 1 rings (SSSR count). The van der Waals surface area contributed by atoms with Crippen molar-refractivity contribution < 1.29 is 19.4 Å². The lowest BCUT2D eigenvalue weighted by Gasteiger charge is -2.25. The summed E-state index contributed by atoms with van der Waals surface area (Å²) in [7, 11) is 3.05. The first-order valence-corrected chi connectivity index (χ1v) is 5.21. The second kappa shape index (κ2) is 5.03. The zero-order valence-electron chi connectivity index (χ0n) is 10.5. The van der Waals surface area contributed by atoms with Crippen LogP contribution in [0.15, 0.2) is 12.3 Å². The molecular weight excluding hydrogens is 222 g/mol. The van der Waals surface area contributed by atoms with Crippen molar-refractivity contribution in [3.63, 3.8) is 0 Å². The van der Waals surface area contributed by atoms with Gasteiger partial charge in [0.15, 0.2) is 0 Å². The van der Waals surface area contributed by atoms with Crippen LogP contribution in [0, 0.1) is 0 Å². The molecule has 0 radical (unpaired) electrons. The van der Waals surface area contributed by atoms with Crippen molar-refractivity contribution >= 4 is 5.97 Å². The van der Waals surface area contributed by atoms with E-state index in [-0.39, 0.29) is 6.42 Å². The van der Waals surface area contributed by atoms with Crippen molar-refractivity contribution in [2.24, 2.45) is 0 Å². The van der Waals surface area contributed by atoms with Gasteiger partial charge in [-0.15, -0.1) is 0 Å². The highest BCUT2D eigenvalue weighted by Crippen LogP contribution is 2.35. The normalized spacial score (nSPS) is 11.1. The summed E-state index contributed by atoms with van der Waals surface area (Å²) in [6.45, 7) is 3.69. The Bertz CT molecular complexity index is 415. The highest BCUT2D eigenvalue weighted by molar-refractivity contribution is 5.69. The monoisotopic (exact) mass is 239 g/mol. The molecule has 0 fully saturated rings. The largest absolute Gasteiger partial charge is 0.495 e. The van der Waals surface area contributed by atoms with E-state index >= 15 is 0 Å². The van der Waals surface area contributed by atoms with Crippen LogP contribution in [-0.4, -0.2) is 30.3 Å². The molecule has 0 aromatic carbocycles. The van der Waals surface area contributed by atoms with Gasteiger partial charge in [-0.25, -0.2) is 4.98 Å². The smallest absolute Gasteiger partial charge is 0.304 e. The summed E-state index contributed by atoms with van der Waals surface area (Å²) in [6, 6.07) is 1.71. The van der Waals surface area contributed by atoms with Gasteiger partial charge < -0.3 is 14.6 Å². The molecule has 0 unspecified atom stereocenters. The summed E-state index contributed by atoms with van der Waals surface area (Å²) in [5.74, 6) is 0.157. The predicted octanol–water partition coefficient (Wildman–Crippen LogP) is 1.85. The van der Waals surface area contributed by atoms with Crippen LogP contribution in [0.2, 0.25) is 0 Å². The first kappa shape index (κ1) is 13.3. The molecule has 0 amide bonds. The number of nitrogens with zero attached hydrogens (tertiary/aromatic N) is 1. The van der Waals surface area contributed by atoms with Crippen LogP contribution in [0.5, 0.6) is 11.6 Å². The highest BCUT2D eigenvalue weighted by Gasteiger charge is 2.28. The number of pyridine rings is 1. The lowest BCUT2D eigenvalue weighted by atomic mass is 9.81. The number of carboxylic acids is 1. The molecule has 5 heteroatoms. The molecule has 0 saturated heterocycles. The number of ether oxygens (including phenoxy) is 2. The minimum atomic E-state index is -0.854. The van der Waals surface area contributed by atoms with E-state index in [1.165, 1.54) is 20.4 Å². The fourth-order valence-electron chi connectivity index (χ4n) is 1.70. The number of aromatic nitrogens is 1. The van der Waals surface area contributed by atoms with E-state index in [1.54, 1.807) is 6.07 Å². The van der Waals surface area contributed by atoms with Gasteiger partial charge in [0.25, 0.3) is 0 Å². The number of hydrogen-bond donors (Lipinski definition) is 1. The molecular formula is C12H17NO4. The van der Waals surface area contributed by atoms with Gasteiger partial charge in [-0.1, -0.05) is 13.8 Å². The lowest BCUT2D eigenvalue weighted by Crippen LogP contribution is -2.22. The van der Waals surface area contributed by atoms with E-state index in [9.17, 15) is 4.79 Å². The number of aliphatic carboxylic acids is 1. The fraction of sp³-hybridized carbons (Fsp3) is 0.500. The topological polar surface area (TPSA) is 68.7 Å². The maximum absolute atomic E-state index is 10.9. The summed E-state index contributed by atoms with van der Waals surface area (Å²) in [5.41, 5.74) is 0.224. The fourth-order valence-corrected chi connectivity index (χ4v) is 1.70.